The average Bonchev–Trinajstić information content (AvgIpc) is 3.34. The van der Waals surface area contributed by atoms with Gasteiger partial charge < -0.3 is 4.98 Å². The molecule has 2 aliphatic heterocycles. The van der Waals surface area contributed by atoms with Crippen molar-refractivity contribution < 1.29 is 9.59 Å². The maximum Gasteiger partial charge on any atom is 0.305 e. The van der Waals surface area contributed by atoms with E-state index < -0.39 is 11.2 Å². The van der Waals surface area contributed by atoms with Crippen LogP contribution in [-0.4, -0.2) is 22.0 Å². The van der Waals surface area contributed by atoms with Crippen molar-refractivity contribution >= 4 is 51.9 Å². The van der Waals surface area contributed by atoms with Crippen molar-refractivity contribution in [1.82, 2.24) is 4.98 Å². The predicted octanol–water partition coefficient (Wildman–Crippen LogP) is 3.60. The number of benzene rings is 1. The highest BCUT2D eigenvalue weighted by atomic mass is 32.2. The lowest BCUT2D eigenvalue weighted by atomic mass is 9.87. The molecule has 3 atom stereocenters. The minimum atomic E-state index is -0.524. The molecular formula is C19H14N2O3S3. The van der Waals surface area contributed by atoms with E-state index in [1.54, 1.807) is 11.3 Å². The number of rotatable bonds is 2. The summed E-state index contributed by atoms with van der Waals surface area (Å²) in [6, 6.07) is 11.3. The van der Waals surface area contributed by atoms with Gasteiger partial charge in [0.05, 0.1) is 16.6 Å². The van der Waals surface area contributed by atoms with Crippen molar-refractivity contribution in [2.24, 2.45) is 5.92 Å². The minimum absolute atomic E-state index is 0.149. The Morgan fingerprint density at radius 2 is 1.81 bits per heavy atom. The van der Waals surface area contributed by atoms with Crippen LogP contribution in [-0.2, 0) is 9.59 Å². The van der Waals surface area contributed by atoms with Crippen molar-refractivity contribution in [3.8, 4) is 0 Å². The monoisotopic (exact) mass is 414 g/mol. The maximum atomic E-state index is 13.4. The van der Waals surface area contributed by atoms with Gasteiger partial charge in [-0.3, -0.25) is 14.4 Å². The van der Waals surface area contributed by atoms with Gasteiger partial charge in [0.1, 0.15) is 5.25 Å². The quantitative estimate of drug-likeness (QED) is 0.651. The number of thiophene rings is 1. The van der Waals surface area contributed by atoms with Crippen molar-refractivity contribution in [2.45, 2.75) is 23.1 Å². The van der Waals surface area contributed by atoms with Gasteiger partial charge in [-0.25, -0.2) is 4.90 Å². The molecule has 2 aliphatic rings. The normalized spacial score (nSPS) is 24.2. The molecule has 0 bridgehead atoms. The standard InChI is InChI=1S/C19H14N2O3S3/c1-9-4-6-10(7-5-9)21-17(22)13-12(11-3-2-8-25-11)14-16(20-19(24)27-14)26-15(13)18(21)23/h2-8,12-13,15H,1H3,(H,20,24). The van der Waals surface area contributed by atoms with Crippen LogP contribution in [0.5, 0.6) is 0 Å². The van der Waals surface area contributed by atoms with Crippen molar-refractivity contribution in [3.63, 3.8) is 0 Å². The van der Waals surface area contributed by atoms with Gasteiger partial charge in [-0.15, -0.1) is 11.3 Å². The number of aromatic amines is 1. The van der Waals surface area contributed by atoms with Crippen LogP contribution in [0.3, 0.4) is 0 Å². The van der Waals surface area contributed by atoms with E-state index in [2.05, 4.69) is 4.98 Å². The molecule has 0 radical (unpaired) electrons. The molecule has 5 rings (SSSR count). The molecule has 0 saturated carbocycles. The number of hydrogen-bond donors (Lipinski definition) is 1. The third-order valence-electron chi connectivity index (χ3n) is 4.97. The van der Waals surface area contributed by atoms with Crippen LogP contribution in [0.15, 0.2) is 51.6 Å². The van der Waals surface area contributed by atoms with Gasteiger partial charge in [-0.1, -0.05) is 46.9 Å². The molecule has 136 valence electrons. The van der Waals surface area contributed by atoms with E-state index in [1.165, 1.54) is 16.7 Å². The minimum Gasteiger partial charge on any atom is -0.307 e. The van der Waals surface area contributed by atoms with Crippen molar-refractivity contribution in [1.29, 1.82) is 0 Å². The number of fused-ring (bicyclic) bond motifs is 2. The highest BCUT2D eigenvalue weighted by Gasteiger charge is 2.56. The van der Waals surface area contributed by atoms with Crippen LogP contribution >= 0.6 is 34.4 Å². The SMILES string of the molecule is Cc1ccc(N2C(=O)C3Sc4[nH]c(=O)sc4C(c4cccs4)C3C2=O)cc1. The Labute approximate surface area is 167 Å². The molecule has 1 N–H and O–H groups in total. The molecule has 3 unspecified atom stereocenters. The Morgan fingerprint density at radius 3 is 2.52 bits per heavy atom. The first-order chi connectivity index (χ1) is 13.0. The summed E-state index contributed by atoms with van der Waals surface area (Å²) in [7, 11) is 0. The molecule has 0 aliphatic carbocycles. The Hall–Kier alpha value is -2.16. The zero-order valence-corrected chi connectivity index (χ0v) is 16.6. The number of thioether (sulfide) groups is 1. The van der Waals surface area contributed by atoms with Gasteiger partial charge in [0, 0.05) is 15.7 Å². The largest absolute Gasteiger partial charge is 0.307 e. The van der Waals surface area contributed by atoms with Gasteiger partial charge in [0.25, 0.3) is 0 Å². The molecule has 2 aromatic heterocycles. The molecule has 2 amide bonds. The first-order valence-corrected chi connectivity index (χ1v) is 11.0. The number of H-pyrrole nitrogens is 1. The second-order valence-electron chi connectivity index (χ2n) is 6.61. The summed E-state index contributed by atoms with van der Waals surface area (Å²) in [4.78, 5) is 44.4. The molecule has 5 nitrogen and oxygen atoms in total. The smallest absolute Gasteiger partial charge is 0.305 e. The summed E-state index contributed by atoms with van der Waals surface area (Å²) in [5, 5.41) is 2.15. The van der Waals surface area contributed by atoms with Crippen LogP contribution in [0.1, 0.15) is 21.2 Å². The fourth-order valence-corrected chi connectivity index (χ4v) is 7.20. The zero-order chi connectivity index (χ0) is 18.7. The average molecular weight is 415 g/mol. The van der Waals surface area contributed by atoms with Gasteiger partial charge in [-0.2, -0.15) is 0 Å². The number of thiazole rings is 1. The van der Waals surface area contributed by atoms with E-state index in [1.807, 2.05) is 48.7 Å². The number of carbonyl (C=O) groups is 2. The third kappa shape index (κ3) is 2.55. The molecule has 0 spiro atoms. The topological polar surface area (TPSA) is 70.2 Å². The summed E-state index contributed by atoms with van der Waals surface area (Å²) in [6.45, 7) is 1.97. The van der Waals surface area contributed by atoms with Crippen LogP contribution in [0.2, 0.25) is 0 Å². The fraction of sp³-hybridized carbons (Fsp3) is 0.211. The second kappa shape index (κ2) is 6.19. The van der Waals surface area contributed by atoms with Crippen molar-refractivity contribution in [3.05, 3.63) is 66.8 Å². The van der Waals surface area contributed by atoms with E-state index in [9.17, 15) is 14.4 Å². The van der Waals surface area contributed by atoms with Crippen LogP contribution < -0.4 is 9.77 Å². The van der Waals surface area contributed by atoms with E-state index in [-0.39, 0.29) is 22.6 Å². The number of carbonyl (C=O) groups excluding carboxylic acids is 2. The Morgan fingerprint density at radius 1 is 1.04 bits per heavy atom. The number of aryl methyl sites for hydroxylation is 1. The fourth-order valence-electron chi connectivity index (χ4n) is 3.74. The van der Waals surface area contributed by atoms with Gasteiger partial charge in [0.15, 0.2) is 0 Å². The summed E-state index contributed by atoms with van der Waals surface area (Å²) in [6.07, 6.45) is 0. The molecule has 8 heteroatoms. The van der Waals surface area contributed by atoms with Crippen LogP contribution in [0, 0.1) is 12.8 Å². The summed E-state index contributed by atoms with van der Waals surface area (Å²) in [5.74, 6) is -1.16. The number of hydrogen-bond acceptors (Lipinski definition) is 6. The number of nitrogens with zero attached hydrogens (tertiary/aromatic N) is 1. The van der Waals surface area contributed by atoms with Gasteiger partial charge >= 0.3 is 4.87 Å². The predicted molar refractivity (Wildman–Crippen MR) is 108 cm³/mol. The number of amides is 2. The molecule has 27 heavy (non-hydrogen) atoms. The first-order valence-electron chi connectivity index (χ1n) is 8.42. The lowest BCUT2D eigenvalue weighted by molar-refractivity contribution is -0.122. The van der Waals surface area contributed by atoms with Crippen LogP contribution in [0.25, 0.3) is 0 Å². The molecule has 1 fully saturated rings. The van der Waals surface area contributed by atoms with E-state index in [0.717, 1.165) is 31.7 Å². The molecule has 1 saturated heterocycles. The summed E-state index contributed by atoms with van der Waals surface area (Å²) in [5.41, 5.74) is 1.67. The van der Waals surface area contributed by atoms with E-state index >= 15 is 0 Å². The Bertz CT molecular complexity index is 1100. The molecule has 3 aromatic rings. The first kappa shape index (κ1) is 17.0. The number of anilines is 1. The van der Waals surface area contributed by atoms with E-state index in [4.69, 9.17) is 0 Å². The highest BCUT2D eigenvalue weighted by Crippen LogP contribution is 2.53. The lowest BCUT2D eigenvalue weighted by Crippen LogP contribution is -2.32. The molecule has 1 aromatic carbocycles. The van der Waals surface area contributed by atoms with Gasteiger partial charge in [-0.05, 0) is 30.5 Å². The molecule has 4 heterocycles. The summed E-state index contributed by atoms with van der Waals surface area (Å²) >= 11 is 4.00. The lowest BCUT2D eigenvalue weighted by Gasteiger charge is -2.28. The molecular weight excluding hydrogens is 400 g/mol. The number of imide groups is 1. The maximum absolute atomic E-state index is 13.4. The number of aromatic nitrogens is 1. The highest BCUT2D eigenvalue weighted by molar-refractivity contribution is 8.00. The van der Waals surface area contributed by atoms with E-state index in [0.29, 0.717) is 5.69 Å². The Kier molecular flexibility index (Phi) is 3.89. The second-order valence-corrected chi connectivity index (χ2v) is 9.76. The van der Waals surface area contributed by atoms with Crippen molar-refractivity contribution in [2.75, 3.05) is 4.90 Å². The number of nitrogens with one attached hydrogen (secondary N) is 1. The summed E-state index contributed by atoms with van der Waals surface area (Å²) < 4.78 is 0. The Balaban J connectivity index is 1.64. The zero-order valence-electron chi connectivity index (χ0n) is 14.2. The van der Waals surface area contributed by atoms with Crippen LogP contribution in [0.4, 0.5) is 5.69 Å². The van der Waals surface area contributed by atoms with Gasteiger partial charge in [0.2, 0.25) is 11.8 Å². The third-order valence-corrected chi connectivity index (χ3v) is 8.32.